The molecule has 0 radical (unpaired) electrons. The van der Waals surface area contributed by atoms with Gasteiger partial charge in [-0.05, 0) is 80.8 Å². The van der Waals surface area contributed by atoms with Crippen LogP contribution in [0.5, 0.6) is 0 Å². The van der Waals surface area contributed by atoms with Crippen molar-refractivity contribution in [3.63, 3.8) is 0 Å². The number of para-hydroxylation sites is 2. The van der Waals surface area contributed by atoms with E-state index < -0.39 is 5.76 Å². The third kappa shape index (κ3) is 2.91. The van der Waals surface area contributed by atoms with Gasteiger partial charge in [0.2, 0.25) is 5.91 Å². The fourth-order valence-electron chi connectivity index (χ4n) is 6.61. The maximum absolute atomic E-state index is 12.6. The number of hydrogen-bond donors (Lipinski definition) is 1. The highest BCUT2D eigenvalue weighted by Crippen LogP contribution is 2.61. The Morgan fingerprint density at radius 3 is 2.48 bits per heavy atom. The van der Waals surface area contributed by atoms with E-state index in [1.807, 2.05) is 18.2 Å². The first-order valence-electron chi connectivity index (χ1n) is 10.4. The quantitative estimate of drug-likeness (QED) is 0.875. The van der Waals surface area contributed by atoms with Gasteiger partial charge in [-0.3, -0.25) is 9.36 Å². The van der Waals surface area contributed by atoms with Crippen LogP contribution in [0, 0.1) is 23.2 Å². The summed E-state index contributed by atoms with van der Waals surface area (Å²) >= 11 is 0. The van der Waals surface area contributed by atoms with E-state index in [9.17, 15) is 9.59 Å². The van der Waals surface area contributed by atoms with Gasteiger partial charge in [0.15, 0.2) is 5.58 Å². The lowest BCUT2D eigenvalue weighted by Gasteiger charge is -2.59. The van der Waals surface area contributed by atoms with Gasteiger partial charge in [-0.1, -0.05) is 12.1 Å². The van der Waals surface area contributed by atoms with Crippen molar-refractivity contribution in [3.8, 4) is 0 Å². The Kier molecular flexibility index (Phi) is 3.95. The minimum absolute atomic E-state index is 0.0374. The first kappa shape index (κ1) is 17.1. The van der Waals surface area contributed by atoms with E-state index in [0.717, 1.165) is 23.3 Å². The molecule has 0 spiro atoms. The van der Waals surface area contributed by atoms with E-state index in [2.05, 4.69) is 12.2 Å². The maximum atomic E-state index is 12.6. The van der Waals surface area contributed by atoms with Crippen LogP contribution in [0.2, 0.25) is 0 Å². The molecule has 4 bridgehead atoms. The molecule has 4 aliphatic carbocycles. The zero-order valence-electron chi connectivity index (χ0n) is 15.9. The average molecular weight is 368 g/mol. The number of nitrogens with zero attached hydrogens (tertiary/aromatic N) is 1. The van der Waals surface area contributed by atoms with Crippen molar-refractivity contribution < 1.29 is 9.21 Å². The molecule has 27 heavy (non-hydrogen) atoms. The molecule has 1 amide bonds. The Labute approximate surface area is 159 Å². The standard InChI is InChI=1S/C22H28N2O3/c1-14(22-11-15-8-16(12-22)10-17(9-15)13-22)23-20(25)6-7-24-18-4-2-3-5-19(18)27-21(24)26/h2-5,14-17H,6-13H2,1H3,(H,23,25)/t14-,15?,16?,17?,22?/m1/s1. The van der Waals surface area contributed by atoms with Crippen molar-refractivity contribution in [3.05, 3.63) is 34.8 Å². The minimum atomic E-state index is -0.391. The second-order valence-electron chi connectivity index (χ2n) is 9.31. The summed E-state index contributed by atoms with van der Waals surface area (Å²) in [7, 11) is 0. The van der Waals surface area contributed by atoms with Crippen LogP contribution in [-0.4, -0.2) is 16.5 Å². The summed E-state index contributed by atoms with van der Waals surface area (Å²) in [5.74, 6) is 2.29. The Morgan fingerprint density at radius 1 is 1.19 bits per heavy atom. The first-order chi connectivity index (χ1) is 13.0. The fourth-order valence-corrected chi connectivity index (χ4v) is 6.61. The molecule has 1 aromatic carbocycles. The molecule has 5 nitrogen and oxygen atoms in total. The molecule has 4 aliphatic rings. The van der Waals surface area contributed by atoms with E-state index in [4.69, 9.17) is 4.42 Å². The maximum Gasteiger partial charge on any atom is 0.419 e. The van der Waals surface area contributed by atoms with Gasteiger partial charge in [0.05, 0.1) is 5.52 Å². The summed E-state index contributed by atoms with van der Waals surface area (Å²) in [6, 6.07) is 7.58. The first-order valence-corrected chi connectivity index (χ1v) is 10.4. The highest BCUT2D eigenvalue weighted by Gasteiger charge is 2.53. The second-order valence-corrected chi connectivity index (χ2v) is 9.31. The number of hydrogen-bond acceptors (Lipinski definition) is 3. The molecular weight excluding hydrogens is 340 g/mol. The van der Waals surface area contributed by atoms with E-state index in [-0.39, 0.29) is 11.9 Å². The van der Waals surface area contributed by atoms with E-state index in [0.29, 0.717) is 24.0 Å². The molecule has 0 aliphatic heterocycles. The van der Waals surface area contributed by atoms with Crippen LogP contribution < -0.4 is 11.1 Å². The smallest absolute Gasteiger partial charge is 0.408 e. The largest absolute Gasteiger partial charge is 0.419 e. The van der Waals surface area contributed by atoms with Gasteiger partial charge < -0.3 is 9.73 Å². The molecule has 0 saturated heterocycles. The fraction of sp³-hybridized carbons (Fsp3) is 0.636. The number of nitrogens with one attached hydrogen (secondary N) is 1. The second kappa shape index (κ2) is 6.25. The summed E-state index contributed by atoms with van der Waals surface area (Å²) in [6.45, 7) is 2.56. The number of oxazole rings is 1. The number of carbonyl (C=O) groups is 1. The van der Waals surface area contributed by atoms with Crippen molar-refractivity contribution in [1.82, 2.24) is 9.88 Å². The molecule has 0 unspecified atom stereocenters. The molecule has 1 heterocycles. The van der Waals surface area contributed by atoms with Gasteiger partial charge in [0.25, 0.3) is 0 Å². The summed E-state index contributed by atoms with van der Waals surface area (Å²) in [5.41, 5.74) is 1.64. The van der Waals surface area contributed by atoms with Gasteiger partial charge >= 0.3 is 5.76 Å². The number of benzene rings is 1. The molecule has 4 fully saturated rings. The van der Waals surface area contributed by atoms with Crippen LogP contribution in [-0.2, 0) is 11.3 Å². The summed E-state index contributed by atoms with van der Waals surface area (Å²) in [5, 5.41) is 3.28. The van der Waals surface area contributed by atoms with Crippen molar-refractivity contribution in [2.24, 2.45) is 23.2 Å². The molecule has 1 atom stereocenters. The van der Waals surface area contributed by atoms with Gasteiger partial charge in [-0.25, -0.2) is 4.79 Å². The molecule has 1 N–H and O–H groups in total. The number of aromatic nitrogens is 1. The highest BCUT2D eigenvalue weighted by molar-refractivity contribution is 5.77. The third-order valence-corrected chi connectivity index (χ3v) is 7.52. The van der Waals surface area contributed by atoms with Gasteiger partial charge in [-0.2, -0.15) is 0 Å². The third-order valence-electron chi connectivity index (χ3n) is 7.52. The van der Waals surface area contributed by atoms with Crippen LogP contribution in [0.3, 0.4) is 0 Å². The Hall–Kier alpha value is -2.04. The summed E-state index contributed by atoms with van der Waals surface area (Å²) in [4.78, 5) is 24.7. The lowest BCUT2D eigenvalue weighted by atomic mass is 9.48. The molecule has 1 aromatic heterocycles. The summed E-state index contributed by atoms with van der Waals surface area (Å²) in [6.07, 6.45) is 8.40. The summed E-state index contributed by atoms with van der Waals surface area (Å²) < 4.78 is 6.81. The predicted molar refractivity (Wildman–Crippen MR) is 103 cm³/mol. The van der Waals surface area contributed by atoms with Gasteiger partial charge in [0.1, 0.15) is 0 Å². The van der Waals surface area contributed by atoms with E-state index in [1.54, 1.807) is 10.6 Å². The Bertz CT molecular complexity index is 890. The lowest BCUT2D eigenvalue weighted by Crippen LogP contribution is -2.55. The highest BCUT2D eigenvalue weighted by atomic mass is 16.4. The van der Waals surface area contributed by atoms with Crippen LogP contribution in [0.25, 0.3) is 11.1 Å². The molecular formula is C22H28N2O3. The van der Waals surface area contributed by atoms with Gasteiger partial charge in [0, 0.05) is 19.0 Å². The normalized spacial score (nSPS) is 32.7. The van der Waals surface area contributed by atoms with Crippen molar-refractivity contribution >= 4 is 17.0 Å². The Morgan fingerprint density at radius 2 is 1.81 bits per heavy atom. The zero-order chi connectivity index (χ0) is 18.6. The zero-order valence-corrected chi connectivity index (χ0v) is 15.9. The van der Waals surface area contributed by atoms with Crippen LogP contribution >= 0.6 is 0 Å². The molecule has 6 rings (SSSR count). The van der Waals surface area contributed by atoms with Crippen LogP contribution in [0.4, 0.5) is 0 Å². The lowest BCUT2D eigenvalue weighted by molar-refractivity contribution is -0.126. The number of fused-ring (bicyclic) bond motifs is 1. The SMILES string of the molecule is C[C@@H](NC(=O)CCn1c(=O)oc2ccccc21)C12CC3CC(CC(C3)C1)C2. The van der Waals surface area contributed by atoms with Crippen LogP contribution in [0.15, 0.2) is 33.5 Å². The van der Waals surface area contributed by atoms with E-state index in [1.165, 1.54) is 38.5 Å². The molecule has 4 saturated carbocycles. The van der Waals surface area contributed by atoms with Gasteiger partial charge in [-0.15, -0.1) is 0 Å². The van der Waals surface area contributed by atoms with E-state index >= 15 is 0 Å². The predicted octanol–water partition coefficient (Wildman–Crippen LogP) is 3.71. The van der Waals surface area contributed by atoms with Crippen molar-refractivity contribution in [2.45, 2.75) is 64.5 Å². The number of aryl methyl sites for hydroxylation is 1. The number of rotatable bonds is 5. The van der Waals surface area contributed by atoms with Crippen molar-refractivity contribution in [1.29, 1.82) is 0 Å². The molecule has 5 heteroatoms. The average Bonchev–Trinajstić information content (AvgIpc) is 2.94. The molecule has 144 valence electrons. The molecule has 2 aromatic rings. The minimum Gasteiger partial charge on any atom is -0.408 e. The topological polar surface area (TPSA) is 64.2 Å². The van der Waals surface area contributed by atoms with Crippen molar-refractivity contribution in [2.75, 3.05) is 0 Å². The number of amides is 1. The monoisotopic (exact) mass is 368 g/mol. The Balaban J connectivity index is 1.24. The number of carbonyl (C=O) groups excluding carboxylic acids is 1. The van der Waals surface area contributed by atoms with Crippen LogP contribution in [0.1, 0.15) is 51.9 Å².